The average Bonchev–Trinajstić information content (AvgIpc) is 2.68. The number of carbonyl (C=O) groups is 1. The van der Waals surface area contributed by atoms with Crippen molar-refractivity contribution < 1.29 is 14.3 Å². The third-order valence-corrected chi connectivity index (χ3v) is 2.51. The van der Waals surface area contributed by atoms with Crippen molar-refractivity contribution in [3.8, 4) is 0 Å². The second kappa shape index (κ2) is 4.39. The van der Waals surface area contributed by atoms with E-state index in [1.165, 1.54) is 0 Å². The molecule has 2 rings (SSSR count). The summed E-state index contributed by atoms with van der Waals surface area (Å²) in [6.07, 6.45) is 2.93. The topological polar surface area (TPSA) is 88.2 Å². The largest absolute Gasteiger partial charge is 0.474 e. The molecule has 1 aliphatic rings. The molecular formula is C9H13N3O3. The fourth-order valence-electron chi connectivity index (χ4n) is 1.77. The normalized spacial score (nSPS) is 21.5. The number of hydrogen-bond donors (Lipinski definition) is 2. The van der Waals surface area contributed by atoms with Gasteiger partial charge in [0.2, 0.25) is 5.89 Å². The number of carboxylic acid groups (broad SMARTS) is 1. The van der Waals surface area contributed by atoms with Gasteiger partial charge in [0.15, 0.2) is 0 Å². The molecule has 1 atom stereocenters. The number of aromatic carboxylic acids is 1. The lowest BCUT2D eigenvalue weighted by atomic mass is 9.96. The summed E-state index contributed by atoms with van der Waals surface area (Å²) in [7, 11) is 0. The average molecular weight is 211 g/mol. The van der Waals surface area contributed by atoms with Gasteiger partial charge in [-0.2, -0.15) is 0 Å². The van der Waals surface area contributed by atoms with Crippen molar-refractivity contribution in [1.82, 2.24) is 15.5 Å². The first kappa shape index (κ1) is 10.1. The number of piperidine rings is 1. The van der Waals surface area contributed by atoms with E-state index in [9.17, 15) is 4.79 Å². The van der Waals surface area contributed by atoms with Gasteiger partial charge >= 0.3 is 11.9 Å². The highest BCUT2D eigenvalue weighted by atomic mass is 16.4. The van der Waals surface area contributed by atoms with E-state index in [0.717, 1.165) is 25.9 Å². The summed E-state index contributed by atoms with van der Waals surface area (Å²) in [5.41, 5.74) is 0. The molecule has 1 fully saturated rings. The van der Waals surface area contributed by atoms with Gasteiger partial charge in [0.05, 0.1) is 0 Å². The van der Waals surface area contributed by atoms with Crippen molar-refractivity contribution in [3.05, 3.63) is 11.8 Å². The highest BCUT2D eigenvalue weighted by Crippen LogP contribution is 2.15. The van der Waals surface area contributed by atoms with E-state index in [1.807, 2.05) is 0 Å². The summed E-state index contributed by atoms with van der Waals surface area (Å²) >= 11 is 0. The van der Waals surface area contributed by atoms with Gasteiger partial charge in [0, 0.05) is 6.42 Å². The zero-order valence-electron chi connectivity index (χ0n) is 8.27. The molecule has 82 valence electrons. The highest BCUT2D eigenvalue weighted by molar-refractivity contribution is 5.81. The molecule has 1 saturated heterocycles. The third-order valence-electron chi connectivity index (χ3n) is 2.51. The minimum atomic E-state index is -1.17. The number of carboxylic acids is 1. The highest BCUT2D eigenvalue weighted by Gasteiger charge is 2.18. The lowest BCUT2D eigenvalue weighted by molar-refractivity contribution is 0.0651. The Labute approximate surface area is 86.7 Å². The van der Waals surface area contributed by atoms with E-state index in [4.69, 9.17) is 9.52 Å². The van der Waals surface area contributed by atoms with Crippen LogP contribution >= 0.6 is 0 Å². The zero-order valence-corrected chi connectivity index (χ0v) is 8.27. The molecule has 1 aliphatic heterocycles. The molecular weight excluding hydrogens is 198 g/mol. The molecule has 15 heavy (non-hydrogen) atoms. The molecule has 0 amide bonds. The molecule has 6 nitrogen and oxygen atoms in total. The van der Waals surface area contributed by atoms with E-state index in [1.54, 1.807) is 0 Å². The Bertz CT molecular complexity index is 344. The maximum absolute atomic E-state index is 10.5. The minimum Gasteiger partial charge on any atom is -0.474 e. The summed E-state index contributed by atoms with van der Waals surface area (Å²) < 4.78 is 5.00. The molecule has 2 heterocycles. The van der Waals surface area contributed by atoms with Crippen LogP contribution in [0, 0.1) is 5.92 Å². The van der Waals surface area contributed by atoms with Crippen LogP contribution in [0.25, 0.3) is 0 Å². The second-order valence-electron chi connectivity index (χ2n) is 3.72. The molecule has 1 aromatic heterocycles. The van der Waals surface area contributed by atoms with Crippen molar-refractivity contribution in [2.45, 2.75) is 19.3 Å². The summed E-state index contributed by atoms with van der Waals surface area (Å²) in [5.74, 6) is -0.605. The van der Waals surface area contributed by atoms with Crippen LogP contribution in [0.3, 0.4) is 0 Å². The van der Waals surface area contributed by atoms with Gasteiger partial charge in [0.1, 0.15) is 0 Å². The van der Waals surface area contributed by atoms with Crippen LogP contribution in [0.4, 0.5) is 0 Å². The zero-order chi connectivity index (χ0) is 10.7. The van der Waals surface area contributed by atoms with Crippen LogP contribution in [-0.2, 0) is 6.42 Å². The third kappa shape index (κ3) is 2.53. The van der Waals surface area contributed by atoms with Crippen LogP contribution in [-0.4, -0.2) is 34.4 Å². The molecule has 0 spiro atoms. The van der Waals surface area contributed by atoms with Crippen molar-refractivity contribution in [1.29, 1.82) is 0 Å². The van der Waals surface area contributed by atoms with Crippen LogP contribution in [0.15, 0.2) is 4.42 Å². The van der Waals surface area contributed by atoms with Gasteiger partial charge in [0.25, 0.3) is 0 Å². The quantitative estimate of drug-likeness (QED) is 0.748. The second-order valence-corrected chi connectivity index (χ2v) is 3.72. The summed E-state index contributed by atoms with van der Waals surface area (Å²) in [6.45, 7) is 1.99. The Hall–Kier alpha value is -1.43. The molecule has 0 aliphatic carbocycles. The van der Waals surface area contributed by atoms with E-state index in [-0.39, 0.29) is 5.89 Å². The molecule has 1 unspecified atom stereocenters. The van der Waals surface area contributed by atoms with Gasteiger partial charge in [-0.25, -0.2) is 4.79 Å². The van der Waals surface area contributed by atoms with Crippen LogP contribution in [0.2, 0.25) is 0 Å². The van der Waals surface area contributed by atoms with Crippen LogP contribution in [0.1, 0.15) is 29.4 Å². The first-order valence-electron chi connectivity index (χ1n) is 5.02. The van der Waals surface area contributed by atoms with Gasteiger partial charge in [-0.3, -0.25) is 0 Å². The van der Waals surface area contributed by atoms with Gasteiger partial charge < -0.3 is 14.8 Å². The lowest BCUT2D eigenvalue weighted by Gasteiger charge is -2.20. The molecule has 6 heteroatoms. The fourth-order valence-corrected chi connectivity index (χ4v) is 1.77. The SMILES string of the molecule is O=C(O)c1nnc(CC2CCCNC2)o1. The van der Waals surface area contributed by atoms with Crippen molar-refractivity contribution >= 4 is 5.97 Å². The Morgan fingerprint density at radius 3 is 3.07 bits per heavy atom. The van der Waals surface area contributed by atoms with E-state index in [0.29, 0.717) is 18.2 Å². The van der Waals surface area contributed by atoms with Crippen LogP contribution < -0.4 is 5.32 Å². The van der Waals surface area contributed by atoms with Crippen molar-refractivity contribution in [2.24, 2.45) is 5.92 Å². The van der Waals surface area contributed by atoms with Gasteiger partial charge in [-0.15, -0.1) is 10.2 Å². The predicted molar refractivity (Wildman–Crippen MR) is 50.6 cm³/mol. The summed E-state index contributed by atoms with van der Waals surface area (Å²) in [4.78, 5) is 10.5. The first-order valence-corrected chi connectivity index (χ1v) is 5.02. The number of hydrogen-bond acceptors (Lipinski definition) is 5. The Kier molecular flexibility index (Phi) is 2.96. The number of nitrogens with one attached hydrogen (secondary N) is 1. The standard InChI is InChI=1S/C9H13N3O3/c13-9(14)8-12-11-7(15-8)4-6-2-1-3-10-5-6/h6,10H,1-5H2,(H,13,14). The smallest absolute Gasteiger partial charge is 0.393 e. The lowest BCUT2D eigenvalue weighted by Crippen LogP contribution is -2.30. The molecule has 2 N–H and O–H groups in total. The first-order chi connectivity index (χ1) is 7.25. The van der Waals surface area contributed by atoms with Crippen LogP contribution in [0.5, 0.6) is 0 Å². The maximum Gasteiger partial charge on any atom is 0.393 e. The van der Waals surface area contributed by atoms with E-state index < -0.39 is 5.97 Å². The number of aromatic nitrogens is 2. The molecule has 0 radical (unpaired) electrons. The van der Waals surface area contributed by atoms with Crippen molar-refractivity contribution in [2.75, 3.05) is 13.1 Å². The molecule has 0 aromatic carbocycles. The number of rotatable bonds is 3. The predicted octanol–water partition coefficient (Wildman–Crippen LogP) is 0.310. The Morgan fingerprint density at radius 2 is 2.47 bits per heavy atom. The minimum absolute atomic E-state index is 0.325. The molecule has 0 bridgehead atoms. The summed E-state index contributed by atoms with van der Waals surface area (Å²) in [6, 6.07) is 0. The Morgan fingerprint density at radius 1 is 1.60 bits per heavy atom. The Balaban J connectivity index is 1.94. The van der Waals surface area contributed by atoms with Crippen molar-refractivity contribution in [3.63, 3.8) is 0 Å². The molecule has 1 aromatic rings. The monoisotopic (exact) mass is 211 g/mol. The van der Waals surface area contributed by atoms with E-state index in [2.05, 4.69) is 15.5 Å². The van der Waals surface area contributed by atoms with Gasteiger partial charge in [-0.05, 0) is 31.8 Å². The maximum atomic E-state index is 10.5. The molecule has 0 saturated carbocycles. The summed E-state index contributed by atoms with van der Waals surface area (Å²) in [5, 5.41) is 19.0. The number of nitrogens with zero attached hydrogens (tertiary/aromatic N) is 2. The van der Waals surface area contributed by atoms with E-state index >= 15 is 0 Å². The van der Waals surface area contributed by atoms with Gasteiger partial charge in [-0.1, -0.05) is 0 Å². The fraction of sp³-hybridized carbons (Fsp3) is 0.667.